The Morgan fingerprint density at radius 2 is 1.86 bits per heavy atom. The van der Waals surface area contributed by atoms with Gasteiger partial charge in [-0.15, -0.1) is 11.3 Å². The molecule has 0 atom stereocenters. The molecule has 3 rings (SSSR count). The van der Waals surface area contributed by atoms with E-state index in [1.54, 1.807) is 6.07 Å². The van der Waals surface area contributed by atoms with Gasteiger partial charge in [0.05, 0.1) is 16.8 Å². The molecule has 1 fully saturated rings. The molecule has 0 spiro atoms. The van der Waals surface area contributed by atoms with E-state index in [4.69, 9.17) is 0 Å². The molecule has 0 unspecified atom stereocenters. The van der Waals surface area contributed by atoms with E-state index in [1.165, 1.54) is 21.9 Å². The van der Waals surface area contributed by atoms with Gasteiger partial charge in [0.25, 0.3) is 5.91 Å². The number of nitrogens with zero attached hydrogens (tertiary/aromatic N) is 3. The van der Waals surface area contributed by atoms with Crippen LogP contribution in [0.2, 0.25) is 0 Å². The predicted octanol–water partition coefficient (Wildman–Crippen LogP) is 0.458. The molecular weight excluding hydrogens is 310 g/mol. The molecule has 3 heterocycles. The first-order valence-corrected chi connectivity index (χ1v) is 9.61. The number of anilines is 1. The normalized spacial score (nSPS) is 19.9. The first-order valence-electron chi connectivity index (χ1n) is 6.94. The molecule has 6 nitrogen and oxygen atoms in total. The number of fused-ring (bicyclic) bond motifs is 1. The van der Waals surface area contributed by atoms with Gasteiger partial charge >= 0.3 is 0 Å². The number of amides is 1. The van der Waals surface area contributed by atoms with Crippen LogP contribution in [0.25, 0.3) is 0 Å². The van der Waals surface area contributed by atoms with Crippen molar-refractivity contribution in [3.8, 4) is 0 Å². The van der Waals surface area contributed by atoms with Crippen molar-refractivity contribution in [1.82, 2.24) is 9.80 Å². The molecule has 1 aromatic heterocycles. The van der Waals surface area contributed by atoms with Crippen molar-refractivity contribution in [2.45, 2.75) is 6.42 Å². The Hall–Kier alpha value is -1.12. The van der Waals surface area contributed by atoms with Crippen molar-refractivity contribution < 1.29 is 13.2 Å². The van der Waals surface area contributed by atoms with Crippen LogP contribution in [0.3, 0.4) is 0 Å². The van der Waals surface area contributed by atoms with Gasteiger partial charge in [0.2, 0.25) is 10.0 Å². The van der Waals surface area contributed by atoms with E-state index in [1.807, 2.05) is 11.9 Å². The van der Waals surface area contributed by atoms with Crippen molar-refractivity contribution in [3.05, 3.63) is 15.8 Å². The van der Waals surface area contributed by atoms with E-state index in [0.29, 0.717) is 23.5 Å². The molecule has 0 N–H and O–H groups in total. The van der Waals surface area contributed by atoms with Crippen molar-refractivity contribution in [1.29, 1.82) is 0 Å². The Morgan fingerprint density at radius 3 is 2.48 bits per heavy atom. The lowest BCUT2D eigenvalue weighted by molar-refractivity contribution is 0.0669. The molecule has 0 radical (unpaired) electrons. The smallest absolute Gasteiger partial charge is 0.264 e. The number of likely N-dealkylation sites (N-methyl/N-ethyl adjacent to an activating group) is 1. The van der Waals surface area contributed by atoms with E-state index < -0.39 is 10.0 Å². The summed E-state index contributed by atoms with van der Waals surface area (Å²) in [5.41, 5.74) is 0.694. The van der Waals surface area contributed by atoms with Crippen molar-refractivity contribution in [2.75, 3.05) is 50.3 Å². The van der Waals surface area contributed by atoms with E-state index in [9.17, 15) is 13.2 Å². The van der Waals surface area contributed by atoms with Crippen LogP contribution in [0, 0.1) is 0 Å². The van der Waals surface area contributed by atoms with E-state index in [0.717, 1.165) is 31.1 Å². The summed E-state index contributed by atoms with van der Waals surface area (Å²) in [4.78, 5) is 18.2. The van der Waals surface area contributed by atoms with Crippen molar-refractivity contribution in [3.63, 3.8) is 0 Å². The summed E-state index contributed by atoms with van der Waals surface area (Å²) in [6, 6.07) is 1.74. The third-order valence-corrected chi connectivity index (χ3v) is 6.35. The first kappa shape index (κ1) is 14.8. The van der Waals surface area contributed by atoms with Crippen LogP contribution in [0.1, 0.15) is 14.5 Å². The molecule has 0 aliphatic carbocycles. The fourth-order valence-corrected chi connectivity index (χ4v) is 4.87. The Bertz CT molecular complexity index is 660. The molecule has 1 saturated heterocycles. The fourth-order valence-electron chi connectivity index (χ4n) is 2.75. The number of piperazine rings is 1. The summed E-state index contributed by atoms with van der Waals surface area (Å²) >= 11 is 1.43. The fraction of sp³-hybridized carbons (Fsp3) is 0.615. The molecule has 8 heteroatoms. The summed E-state index contributed by atoms with van der Waals surface area (Å²) in [6.45, 7) is 3.71. The maximum absolute atomic E-state index is 12.5. The molecule has 2 aliphatic rings. The maximum Gasteiger partial charge on any atom is 0.264 e. The van der Waals surface area contributed by atoms with Gasteiger partial charge in [-0.05, 0) is 13.1 Å². The minimum atomic E-state index is -3.25. The molecule has 0 saturated carbocycles. The van der Waals surface area contributed by atoms with Crippen LogP contribution in [-0.4, -0.2) is 70.2 Å². The van der Waals surface area contributed by atoms with Gasteiger partial charge in [-0.2, -0.15) is 0 Å². The molecule has 0 aromatic carbocycles. The zero-order chi connectivity index (χ0) is 15.2. The second-order valence-corrected chi connectivity index (χ2v) is 8.64. The van der Waals surface area contributed by atoms with Crippen molar-refractivity contribution in [2.24, 2.45) is 0 Å². The zero-order valence-electron chi connectivity index (χ0n) is 12.2. The minimum Gasteiger partial charge on any atom is -0.335 e. The maximum atomic E-state index is 12.5. The van der Waals surface area contributed by atoms with Gasteiger partial charge in [0.1, 0.15) is 0 Å². The third kappa shape index (κ3) is 2.79. The average Bonchev–Trinajstić information content (AvgIpc) is 2.96. The number of thiophene rings is 1. The molecule has 1 amide bonds. The Labute approximate surface area is 129 Å². The highest BCUT2D eigenvalue weighted by Crippen LogP contribution is 2.37. The minimum absolute atomic E-state index is 0.0240. The number of carbonyl (C=O) groups excluding carboxylic acids is 1. The van der Waals surface area contributed by atoms with E-state index in [2.05, 4.69) is 4.90 Å². The monoisotopic (exact) mass is 329 g/mol. The molecule has 1 aromatic rings. The van der Waals surface area contributed by atoms with Gasteiger partial charge in [-0.1, -0.05) is 0 Å². The largest absolute Gasteiger partial charge is 0.335 e. The van der Waals surface area contributed by atoms with Gasteiger partial charge < -0.3 is 9.80 Å². The quantitative estimate of drug-likeness (QED) is 0.791. The second-order valence-electron chi connectivity index (χ2n) is 5.60. The van der Waals surface area contributed by atoms with Gasteiger partial charge in [-0.3, -0.25) is 9.10 Å². The van der Waals surface area contributed by atoms with Gasteiger partial charge in [-0.25, -0.2) is 8.42 Å². The summed E-state index contributed by atoms with van der Waals surface area (Å²) in [5.74, 6) is 0.0240. The molecule has 0 bridgehead atoms. The first-order chi connectivity index (χ1) is 9.86. The van der Waals surface area contributed by atoms with Crippen LogP contribution >= 0.6 is 11.3 Å². The topological polar surface area (TPSA) is 60.9 Å². The third-order valence-electron chi connectivity index (χ3n) is 4.00. The highest BCUT2D eigenvalue weighted by molar-refractivity contribution is 7.92. The summed E-state index contributed by atoms with van der Waals surface area (Å²) in [5, 5.41) is 0. The Kier molecular flexibility index (Phi) is 3.71. The van der Waals surface area contributed by atoms with Crippen LogP contribution in [0.5, 0.6) is 0 Å². The molecular formula is C13H19N3O3S2. The number of hydrogen-bond acceptors (Lipinski definition) is 5. The van der Waals surface area contributed by atoms with Gasteiger partial charge in [0, 0.05) is 44.0 Å². The van der Waals surface area contributed by atoms with Crippen LogP contribution in [0.15, 0.2) is 6.07 Å². The van der Waals surface area contributed by atoms with E-state index >= 15 is 0 Å². The lowest BCUT2D eigenvalue weighted by atomic mass is 10.3. The number of carbonyl (C=O) groups is 1. The Morgan fingerprint density at radius 1 is 1.19 bits per heavy atom. The van der Waals surface area contributed by atoms with Crippen molar-refractivity contribution >= 4 is 33.0 Å². The highest BCUT2D eigenvalue weighted by atomic mass is 32.2. The SMILES string of the molecule is CN1CCN(C(=O)c2cc3c(s2)CCN3S(C)(=O)=O)CC1. The summed E-state index contributed by atoms with van der Waals surface area (Å²) in [7, 11) is -1.20. The summed E-state index contributed by atoms with van der Waals surface area (Å²) in [6.07, 6.45) is 1.91. The van der Waals surface area contributed by atoms with E-state index in [-0.39, 0.29) is 5.91 Å². The number of hydrogen-bond donors (Lipinski definition) is 0. The van der Waals surface area contributed by atoms with Crippen LogP contribution in [0.4, 0.5) is 5.69 Å². The lowest BCUT2D eigenvalue weighted by Crippen LogP contribution is -2.46. The number of sulfonamides is 1. The summed E-state index contributed by atoms with van der Waals surface area (Å²) < 4.78 is 24.9. The lowest BCUT2D eigenvalue weighted by Gasteiger charge is -2.32. The second kappa shape index (κ2) is 5.26. The predicted molar refractivity (Wildman–Crippen MR) is 83.6 cm³/mol. The molecule has 2 aliphatic heterocycles. The standard InChI is InChI=1S/C13H19N3O3S2/c1-14-5-7-15(8-6-14)13(17)12-9-10-11(20-12)3-4-16(10)21(2,18)19/h9H,3-8H2,1-2H3. The zero-order valence-corrected chi connectivity index (χ0v) is 13.8. The molecule has 116 valence electrons. The average molecular weight is 329 g/mol. The van der Waals surface area contributed by atoms with Crippen LogP contribution < -0.4 is 4.31 Å². The highest BCUT2D eigenvalue weighted by Gasteiger charge is 2.31. The van der Waals surface area contributed by atoms with Gasteiger partial charge in [0.15, 0.2) is 0 Å². The number of rotatable bonds is 2. The van der Waals surface area contributed by atoms with Crippen LogP contribution in [-0.2, 0) is 16.4 Å². The Balaban J connectivity index is 1.81. The molecule has 21 heavy (non-hydrogen) atoms.